The Morgan fingerprint density at radius 1 is 0.873 bits per heavy atom. The van der Waals surface area contributed by atoms with Gasteiger partial charge in [-0.15, -0.1) is 0 Å². The predicted octanol–water partition coefficient (Wildman–Crippen LogP) is 3.02. The topological polar surface area (TPSA) is 187 Å². The largest absolute Gasteiger partial charge is 0.459 e. The molecule has 4 aliphatic heterocycles. The summed E-state index contributed by atoms with van der Waals surface area (Å²) in [7, 11) is 4.52. The highest BCUT2D eigenvalue weighted by Crippen LogP contribution is 2.42. The van der Waals surface area contributed by atoms with Crippen LogP contribution in [0.15, 0.2) is 5.16 Å². The van der Waals surface area contributed by atoms with Crippen LogP contribution in [0.4, 0.5) is 0 Å². The number of aliphatic hydroxyl groups is 4. The van der Waals surface area contributed by atoms with Crippen LogP contribution in [0.1, 0.15) is 101 Å². The molecule has 0 aromatic rings. The van der Waals surface area contributed by atoms with Crippen molar-refractivity contribution in [2.45, 2.75) is 186 Å². The highest BCUT2D eigenvalue weighted by Gasteiger charge is 2.54. The molecule has 4 N–H and O–H groups in total. The van der Waals surface area contributed by atoms with Crippen molar-refractivity contribution in [2.75, 3.05) is 34.4 Å². The van der Waals surface area contributed by atoms with E-state index in [1.54, 1.807) is 41.7 Å². The molecular formula is C40H72N2O13. The third kappa shape index (κ3) is 9.70. The third-order valence-corrected chi connectivity index (χ3v) is 13.2. The first-order chi connectivity index (χ1) is 25.7. The minimum absolute atomic E-state index is 0.150. The van der Waals surface area contributed by atoms with E-state index in [-0.39, 0.29) is 31.4 Å². The number of methoxy groups -OCH3 is 2. The first-order valence-electron chi connectivity index (χ1n) is 20.2. The summed E-state index contributed by atoms with van der Waals surface area (Å²) in [5.74, 6) is -3.44. The van der Waals surface area contributed by atoms with Crippen LogP contribution in [-0.2, 0) is 42.8 Å². The van der Waals surface area contributed by atoms with Crippen LogP contribution < -0.4 is 0 Å². The molecule has 0 unspecified atom stereocenters. The number of ether oxygens (including phenoxy) is 7. The first kappa shape index (κ1) is 46.2. The van der Waals surface area contributed by atoms with Gasteiger partial charge in [0.25, 0.3) is 0 Å². The highest BCUT2D eigenvalue weighted by molar-refractivity contribution is 5.88. The Bertz CT molecular complexity index is 1290. The normalized spacial score (nSPS) is 49.1. The molecule has 0 radical (unpaired) electrons. The van der Waals surface area contributed by atoms with Crippen LogP contribution in [0.25, 0.3) is 0 Å². The molecule has 15 heteroatoms. The van der Waals surface area contributed by atoms with Crippen molar-refractivity contribution in [1.82, 2.24) is 4.90 Å². The fourth-order valence-corrected chi connectivity index (χ4v) is 9.39. The molecule has 4 aliphatic rings. The number of likely N-dealkylation sites (tertiary alicyclic amines) is 1. The summed E-state index contributed by atoms with van der Waals surface area (Å²) in [4.78, 5) is 21.9. The van der Waals surface area contributed by atoms with Crippen molar-refractivity contribution in [3.8, 4) is 0 Å². The van der Waals surface area contributed by atoms with Gasteiger partial charge >= 0.3 is 5.97 Å². The van der Waals surface area contributed by atoms with Gasteiger partial charge in [0, 0.05) is 44.4 Å². The number of carbonyl (C=O) groups is 1. The van der Waals surface area contributed by atoms with E-state index in [9.17, 15) is 25.2 Å². The molecule has 320 valence electrons. The van der Waals surface area contributed by atoms with Gasteiger partial charge in [-0.1, -0.05) is 32.9 Å². The van der Waals surface area contributed by atoms with Crippen molar-refractivity contribution in [3.63, 3.8) is 0 Å². The minimum atomic E-state index is -1.88. The molecule has 0 bridgehead atoms. The van der Waals surface area contributed by atoms with Gasteiger partial charge in [-0.05, 0) is 80.3 Å². The lowest BCUT2D eigenvalue weighted by Crippen LogP contribution is -2.63. The summed E-state index contributed by atoms with van der Waals surface area (Å²) < 4.78 is 44.6. The fourth-order valence-electron chi connectivity index (χ4n) is 9.39. The molecule has 0 aliphatic carbocycles. The summed E-state index contributed by atoms with van der Waals surface area (Å²) >= 11 is 0. The quantitative estimate of drug-likeness (QED) is 0.197. The minimum Gasteiger partial charge on any atom is -0.459 e. The van der Waals surface area contributed by atoms with E-state index < -0.39 is 102 Å². The van der Waals surface area contributed by atoms with Gasteiger partial charge in [0.1, 0.15) is 31.0 Å². The van der Waals surface area contributed by atoms with Gasteiger partial charge in [0.2, 0.25) is 0 Å². The second kappa shape index (κ2) is 18.6. The second-order valence-corrected chi connectivity index (χ2v) is 17.4. The van der Waals surface area contributed by atoms with Gasteiger partial charge in [-0.2, -0.15) is 0 Å². The van der Waals surface area contributed by atoms with Gasteiger partial charge in [0.15, 0.2) is 12.6 Å². The molecule has 18 atom stereocenters. The summed E-state index contributed by atoms with van der Waals surface area (Å²) in [5.41, 5.74) is -3.58. The third-order valence-electron chi connectivity index (χ3n) is 13.2. The number of cyclic esters (lactones) is 1. The van der Waals surface area contributed by atoms with Crippen molar-refractivity contribution < 1.29 is 63.2 Å². The van der Waals surface area contributed by atoms with Crippen molar-refractivity contribution in [1.29, 1.82) is 0 Å². The highest BCUT2D eigenvalue weighted by atomic mass is 16.7. The number of aliphatic hydroxyl groups excluding tert-OH is 3. The van der Waals surface area contributed by atoms with E-state index in [1.807, 2.05) is 27.7 Å². The number of esters is 1. The van der Waals surface area contributed by atoms with Gasteiger partial charge < -0.3 is 58.4 Å². The molecule has 15 nitrogen and oxygen atoms in total. The van der Waals surface area contributed by atoms with E-state index in [2.05, 4.69) is 10.1 Å². The Kier molecular flexibility index (Phi) is 15.6. The summed E-state index contributed by atoms with van der Waals surface area (Å²) in [6, 6.07) is -0.165. The molecule has 0 aromatic carbocycles. The molecule has 0 saturated carbocycles. The average Bonchev–Trinajstić information content (AvgIpc) is 3.11. The number of carbonyl (C=O) groups excluding carboxylic acids is 1. The van der Waals surface area contributed by atoms with Crippen LogP contribution in [0.5, 0.6) is 0 Å². The smallest absolute Gasteiger partial charge is 0.311 e. The molecule has 4 rings (SSSR count). The molecule has 0 aromatic heterocycles. The van der Waals surface area contributed by atoms with E-state index >= 15 is 0 Å². The molecule has 0 spiro atoms. The Labute approximate surface area is 328 Å². The number of oxime groups is 1. The second-order valence-electron chi connectivity index (χ2n) is 17.4. The summed E-state index contributed by atoms with van der Waals surface area (Å²) in [6.07, 6.45) is -6.77. The summed E-state index contributed by atoms with van der Waals surface area (Å²) in [5, 5.41) is 50.8. The van der Waals surface area contributed by atoms with Gasteiger partial charge in [-0.25, -0.2) is 0 Å². The van der Waals surface area contributed by atoms with Crippen LogP contribution in [-0.4, -0.2) is 156 Å². The van der Waals surface area contributed by atoms with Crippen molar-refractivity contribution >= 4 is 11.7 Å². The predicted molar refractivity (Wildman–Crippen MR) is 203 cm³/mol. The van der Waals surface area contributed by atoms with E-state index in [0.717, 1.165) is 19.5 Å². The Morgan fingerprint density at radius 3 is 2.05 bits per heavy atom. The van der Waals surface area contributed by atoms with E-state index in [0.29, 0.717) is 12.1 Å². The van der Waals surface area contributed by atoms with E-state index in [4.69, 9.17) is 38.0 Å². The van der Waals surface area contributed by atoms with Crippen LogP contribution >= 0.6 is 0 Å². The van der Waals surface area contributed by atoms with Crippen molar-refractivity contribution in [2.24, 2.45) is 28.8 Å². The average molecular weight is 789 g/mol. The SMILES string of the molecule is CC[C@H]1OC(=O)[C@H](C)[C@@H](O[C@H]2C[C@@](C)(OC)[C@@H](O)[C@H](C)O2)[C@H](C)[C@@H](O[C@H]2O[C@@H](C)C[C@@H](N3CCC3)[C@@H]2O)[C@](C)(OC)C[C@@H](C)C(=NOC)[C@H](C)[C@@H](O)[C@]1(C)O. The Hall–Kier alpha value is -1.50. The molecule has 4 heterocycles. The Morgan fingerprint density at radius 2 is 1.51 bits per heavy atom. The molecule has 0 amide bonds. The lowest BCUT2D eigenvalue weighted by atomic mass is 9.73. The maximum absolute atomic E-state index is 14.3. The van der Waals surface area contributed by atoms with Gasteiger partial charge in [-0.3, -0.25) is 9.69 Å². The lowest BCUT2D eigenvalue weighted by molar-refractivity contribution is -0.320. The molecular weight excluding hydrogens is 716 g/mol. The summed E-state index contributed by atoms with van der Waals surface area (Å²) in [6.45, 7) is 19.7. The number of hydrogen-bond acceptors (Lipinski definition) is 15. The van der Waals surface area contributed by atoms with Crippen LogP contribution in [0.3, 0.4) is 0 Å². The molecule has 55 heavy (non-hydrogen) atoms. The first-order valence-corrected chi connectivity index (χ1v) is 20.2. The molecule has 4 fully saturated rings. The monoisotopic (exact) mass is 789 g/mol. The van der Waals surface area contributed by atoms with Gasteiger partial charge in [0.05, 0.1) is 53.4 Å². The number of rotatable bonds is 9. The maximum atomic E-state index is 14.3. The Balaban J connectivity index is 1.87. The zero-order valence-corrected chi connectivity index (χ0v) is 35.5. The number of hydrogen-bond donors (Lipinski definition) is 4. The zero-order chi connectivity index (χ0) is 41.2. The lowest BCUT2D eigenvalue weighted by Gasteiger charge is -2.51. The fraction of sp³-hybridized carbons (Fsp3) is 0.950. The van der Waals surface area contributed by atoms with Crippen LogP contribution in [0.2, 0.25) is 0 Å². The zero-order valence-electron chi connectivity index (χ0n) is 35.5. The maximum Gasteiger partial charge on any atom is 0.311 e. The van der Waals surface area contributed by atoms with E-state index in [1.165, 1.54) is 21.1 Å². The standard InChI is InChI=1S/C40H72N2O13/c1-14-28-40(10,47)33(44)23(4)30(41-50-13)21(2)19-39(9,49-12)35(55-37-31(43)27(18-22(3)51-37)42-16-15-17-42)24(5)32(25(6)36(46)53-28)54-29-20-38(8,48-11)34(45)26(7)52-29/h21-29,31-35,37,43-45,47H,14-20H2,1-13H3/t21-,22+,23+,24+,25-,26+,27-,28-,29+,31+,32+,33-,34+,35-,37-,38-,39-,40-/m1/s1. The van der Waals surface area contributed by atoms with Crippen LogP contribution in [0, 0.1) is 23.7 Å². The van der Waals surface area contributed by atoms with Crippen molar-refractivity contribution in [3.05, 3.63) is 0 Å². The number of nitrogens with zero attached hydrogens (tertiary/aromatic N) is 2. The molecule has 4 saturated heterocycles.